The first-order valence-corrected chi connectivity index (χ1v) is 11.2. The van der Waals surface area contributed by atoms with Gasteiger partial charge in [-0.2, -0.15) is 0 Å². The monoisotopic (exact) mass is 389 g/mol. The van der Waals surface area contributed by atoms with E-state index < -0.39 is 9.84 Å². The number of halogens is 1. The third-order valence-corrected chi connectivity index (χ3v) is 5.89. The molecule has 4 nitrogen and oxygen atoms in total. The number of sulfone groups is 1. The van der Waals surface area contributed by atoms with Gasteiger partial charge >= 0.3 is 0 Å². The zero-order chi connectivity index (χ0) is 19.4. The molecule has 1 N–H and O–H groups in total. The van der Waals surface area contributed by atoms with E-state index in [1.165, 1.54) is 18.4 Å². The Kier molecular flexibility index (Phi) is 5.95. The fourth-order valence-electron chi connectivity index (χ4n) is 3.71. The lowest BCUT2D eigenvalue weighted by Gasteiger charge is -2.25. The molecule has 1 aliphatic carbocycles. The minimum absolute atomic E-state index is 0.0465. The minimum Gasteiger partial charge on any atom is -0.345 e. The zero-order valence-corrected chi connectivity index (χ0v) is 16.1. The predicted octanol–water partition coefficient (Wildman–Crippen LogP) is 4.03. The van der Waals surface area contributed by atoms with Gasteiger partial charge in [0.2, 0.25) is 0 Å². The number of benzene rings is 2. The average Bonchev–Trinajstić information content (AvgIpc) is 3.14. The van der Waals surface area contributed by atoms with Crippen LogP contribution in [0.5, 0.6) is 0 Å². The molecule has 2 aromatic carbocycles. The van der Waals surface area contributed by atoms with E-state index in [-0.39, 0.29) is 23.5 Å². The highest BCUT2D eigenvalue weighted by Gasteiger charge is 2.28. The molecule has 2 aromatic rings. The summed E-state index contributed by atoms with van der Waals surface area (Å²) in [6, 6.07) is 12.8. The maximum Gasteiger partial charge on any atom is 0.251 e. The summed E-state index contributed by atoms with van der Waals surface area (Å²) >= 11 is 0. The van der Waals surface area contributed by atoms with E-state index in [0.717, 1.165) is 31.2 Å². The number of hydrogen-bond acceptors (Lipinski definition) is 3. The molecule has 0 radical (unpaired) electrons. The van der Waals surface area contributed by atoms with Gasteiger partial charge in [-0.25, -0.2) is 12.8 Å². The highest BCUT2D eigenvalue weighted by atomic mass is 32.2. The van der Waals surface area contributed by atoms with Crippen LogP contribution in [0.2, 0.25) is 0 Å². The summed E-state index contributed by atoms with van der Waals surface area (Å²) < 4.78 is 36.1. The summed E-state index contributed by atoms with van der Waals surface area (Å²) in [5.74, 6) is -0.211. The van der Waals surface area contributed by atoms with Gasteiger partial charge in [0.25, 0.3) is 5.91 Å². The maximum atomic E-state index is 13.3. The van der Waals surface area contributed by atoms with Crippen molar-refractivity contribution < 1.29 is 17.6 Å². The molecule has 0 saturated heterocycles. The first kappa shape index (κ1) is 19.5. The fraction of sp³-hybridized carbons (Fsp3) is 0.381. The van der Waals surface area contributed by atoms with Crippen LogP contribution in [0, 0.1) is 11.7 Å². The van der Waals surface area contributed by atoms with E-state index in [1.54, 1.807) is 36.4 Å². The lowest BCUT2D eigenvalue weighted by molar-refractivity contribution is 0.0921. The second kappa shape index (κ2) is 8.21. The van der Waals surface area contributed by atoms with Crippen molar-refractivity contribution in [2.24, 2.45) is 5.92 Å². The molecule has 3 rings (SSSR count). The van der Waals surface area contributed by atoms with Crippen molar-refractivity contribution in [2.75, 3.05) is 6.26 Å². The molecule has 0 heterocycles. The molecule has 1 amide bonds. The SMILES string of the molecule is CS(=O)(=O)Cc1ccc(C(=O)NC(c2ccc(F)cc2)C2CCCC2)cc1. The number of nitrogens with one attached hydrogen (secondary N) is 1. The number of hydrogen-bond donors (Lipinski definition) is 1. The molecule has 1 unspecified atom stereocenters. The predicted molar refractivity (Wildman–Crippen MR) is 104 cm³/mol. The number of carbonyl (C=O) groups is 1. The molecule has 0 aromatic heterocycles. The van der Waals surface area contributed by atoms with Crippen LogP contribution in [0.25, 0.3) is 0 Å². The minimum atomic E-state index is -3.11. The molecule has 1 aliphatic rings. The van der Waals surface area contributed by atoms with Crippen molar-refractivity contribution in [3.05, 3.63) is 71.0 Å². The van der Waals surface area contributed by atoms with Gasteiger partial charge in [-0.05, 0) is 54.2 Å². The summed E-state index contributed by atoms with van der Waals surface area (Å²) in [5, 5.41) is 3.10. The largest absolute Gasteiger partial charge is 0.345 e. The normalized spacial score (nSPS) is 16.2. The van der Waals surface area contributed by atoms with Crippen LogP contribution in [0.3, 0.4) is 0 Å². The number of carbonyl (C=O) groups excluding carboxylic acids is 1. The van der Waals surface area contributed by atoms with Crippen LogP contribution in [-0.4, -0.2) is 20.6 Å². The van der Waals surface area contributed by atoms with Crippen LogP contribution in [0.1, 0.15) is 53.2 Å². The van der Waals surface area contributed by atoms with Crippen molar-refractivity contribution in [3.63, 3.8) is 0 Å². The fourth-order valence-corrected chi connectivity index (χ4v) is 4.51. The van der Waals surface area contributed by atoms with Crippen LogP contribution >= 0.6 is 0 Å². The van der Waals surface area contributed by atoms with Gasteiger partial charge in [0, 0.05) is 11.8 Å². The maximum absolute atomic E-state index is 13.3. The smallest absolute Gasteiger partial charge is 0.251 e. The second-order valence-electron chi connectivity index (χ2n) is 7.31. The summed E-state index contributed by atoms with van der Waals surface area (Å²) in [7, 11) is -3.11. The molecule has 1 fully saturated rings. The van der Waals surface area contributed by atoms with E-state index in [2.05, 4.69) is 5.32 Å². The van der Waals surface area contributed by atoms with Crippen LogP contribution < -0.4 is 5.32 Å². The van der Waals surface area contributed by atoms with Gasteiger partial charge in [-0.15, -0.1) is 0 Å². The van der Waals surface area contributed by atoms with Gasteiger partial charge in [-0.1, -0.05) is 37.1 Å². The second-order valence-corrected chi connectivity index (χ2v) is 9.45. The van der Waals surface area contributed by atoms with E-state index in [9.17, 15) is 17.6 Å². The van der Waals surface area contributed by atoms with Crippen molar-refractivity contribution in [1.29, 1.82) is 0 Å². The van der Waals surface area contributed by atoms with Gasteiger partial charge in [0.1, 0.15) is 5.82 Å². The van der Waals surface area contributed by atoms with Crippen LogP contribution in [0.15, 0.2) is 48.5 Å². The molecule has 1 saturated carbocycles. The van der Waals surface area contributed by atoms with Crippen LogP contribution in [-0.2, 0) is 15.6 Å². The Balaban J connectivity index is 1.76. The van der Waals surface area contributed by atoms with Crippen molar-refractivity contribution in [2.45, 2.75) is 37.5 Å². The molecule has 0 spiro atoms. The summed E-state index contributed by atoms with van der Waals surface area (Å²) in [5.41, 5.74) is 2.04. The molecule has 27 heavy (non-hydrogen) atoms. The highest BCUT2D eigenvalue weighted by Crippen LogP contribution is 2.36. The number of rotatable bonds is 6. The molecule has 6 heteroatoms. The van der Waals surface area contributed by atoms with E-state index in [0.29, 0.717) is 17.0 Å². The van der Waals surface area contributed by atoms with Gasteiger partial charge < -0.3 is 5.32 Å². The Bertz CT molecular complexity index is 886. The summed E-state index contributed by atoms with van der Waals surface area (Å²) in [4.78, 5) is 12.7. The third kappa shape index (κ3) is 5.39. The topological polar surface area (TPSA) is 63.2 Å². The summed E-state index contributed by atoms with van der Waals surface area (Å²) in [6.45, 7) is 0. The van der Waals surface area contributed by atoms with E-state index in [4.69, 9.17) is 0 Å². The standard InChI is InChI=1S/C21H24FNO3S/c1-27(25,26)14-15-6-8-18(9-7-15)21(24)23-20(16-4-2-3-5-16)17-10-12-19(22)13-11-17/h6-13,16,20H,2-5,14H2,1H3,(H,23,24). The Morgan fingerprint density at radius 1 is 1.07 bits per heavy atom. The lowest BCUT2D eigenvalue weighted by Crippen LogP contribution is -2.32. The van der Waals surface area contributed by atoms with Gasteiger partial charge in [0.05, 0.1) is 11.8 Å². The van der Waals surface area contributed by atoms with E-state index in [1.807, 2.05) is 0 Å². The van der Waals surface area contributed by atoms with Gasteiger partial charge in [0.15, 0.2) is 9.84 Å². The molecule has 0 aliphatic heterocycles. The Labute approximate surface area is 159 Å². The van der Waals surface area contributed by atoms with Crippen molar-refractivity contribution in [1.82, 2.24) is 5.32 Å². The van der Waals surface area contributed by atoms with Crippen molar-refractivity contribution in [3.8, 4) is 0 Å². The molecule has 0 bridgehead atoms. The Morgan fingerprint density at radius 2 is 1.67 bits per heavy atom. The highest BCUT2D eigenvalue weighted by molar-refractivity contribution is 7.89. The Morgan fingerprint density at radius 3 is 2.22 bits per heavy atom. The average molecular weight is 389 g/mol. The zero-order valence-electron chi connectivity index (χ0n) is 15.3. The molecular formula is C21H24FNO3S. The van der Waals surface area contributed by atoms with Crippen molar-refractivity contribution >= 4 is 15.7 Å². The molecule has 1 atom stereocenters. The first-order valence-electron chi connectivity index (χ1n) is 9.15. The van der Waals surface area contributed by atoms with Gasteiger partial charge in [-0.3, -0.25) is 4.79 Å². The quantitative estimate of drug-likeness (QED) is 0.811. The molecular weight excluding hydrogens is 365 g/mol. The van der Waals surface area contributed by atoms with E-state index >= 15 is 0 Å². The lowest BCUT2D eigenvalue weighted by atomic mass is 9.91. The first-order chi connectivity index (χ1) is 12.8. The summed E-state index contributed by atoms with van der Waals surface area (Å²) in [6.07, 6.45) is 5.53. The number of amides is 1. The van der Waals surface area contributed by atoms with Crippen LogP contribution in [0.4, 0.5) is 4.39 Å². The third-order valence-electron chi connectivity index (χ3n) is 5.03. The Hall–Kier alpha value is -2.21. The molecule has 144 valence electrons.